The zero-order chi connectivity index (χ0) is 14.6. The third-order valence-corrected chi connectivity index (χ3v) is 4.98. The highest BCUT2D eigenvalue weighted by molar-refractivity contribution is 9.10. The van der Waals surface area contributed by atoms with Gasteiger partial charge < -0.3 is 15.7 Å². The van der Waals surface area contributed by atoms with Crippen LogP contribution in [0.2, 0.25) is 0 Å². The summed E-state index contributed by atoms with van der Waals surface area (Å²) < 4.78 is 0.799. The van der Waals surface area contributed by atoms with Gasteiger partial charge in [0.25, 0.3) is 0 Å². The van der Waals surface area contributed by atoms with Crippen molar-refractivity contribution in [3.8, 4) is 0 Å². The van der Waals surface area contributed by atoms with Gasteiger partial charge in [-0.1, -0.05) is 13.3 Å². The molecular formula is C14H23BrN4O. The Labute approximate surface area is 128 Å². The van der Waals surface area contributed by atoms with Crippen molar-refractivity contribution in [1.82, 2.24) is 9.97 Å². The van der Waals surface area contributed by atoms with E-state index in [0.717, 1.165) is 47.7 Å². The molecule has 0 spiro atoms. The minimum Gasteiger partial charge on any atom is -0.388 e. The molecule has 20 heavy (non-hydrogen) atoms. The average molecular weight is 343 g/mol. The van der Waals surface area contributed by atoms with Crippen LogP contribution in [0.5, 0.6) is 0 Å². The summed E-state index contributed by atoms with van der Waals surface area (Å²) in [5.41, 5.74) is -0.615. The first-order valence-corrected chi connectivity index (χ1v) is 8.02. The third-order valence-electron chi connectivity index (χ3n) is 4.22. The molecule has 0 saturated heterocycles. The summed E-state index contributed by atoms with van der Waals surface area (Å²) in [6.07, 6.45) is 6.67. The first-order chi connectivity index (χ1) is 9.58. The molecule has 0 aromatic carbocycles. The summed E-state index contributed by atoms with van der Waals surface area (Å²) in [5.74, 6) is 2.23. The molecule has 112 valence electrons. The Kier molecular flexibility index (Phi) is 5.21. The Morgan fingerprint density at radius 2 is 2.00 bits per heavy atom. The Balaban J connectivity index is 1.95. The minimum atomic E-state index is -0.615. The van der Waals surface area contributed by atoms with Crippen LogP contribution in [0.1, 0.15) is 39.0 Å². The molecule has 0 radical (unpaired) electrons. The highest BCUT2D eigenvalue weighted by atomic mass is 79.9. The molecule has 0 unspecified atom stereocenters. The van der Waals surface area contributed by atoms with E-state index < -0.39 is 5.60 Å². The van der Waals surface area contributed by atoms with Gasteiger partial charge in [-0.15, -0.1) is 0 Å². The summed E-state index contributed by atoms with van der Waals surface area (Å²) in [6, 6.07) is 0. The van der Waals surface area contributed by atoms with E-state index in [1.54, 1.807) is 0 Å². The van der Waals surface area contributed by atoms with Gasteiger partial charge in [0.2, 0.25) is 0 Å². The maximum Gasteiger partial charge on any atom is 0.146 e. The van der Waals surface area contributed by atoms with Gasteiger partial charge in [-0.25, -0.2) is 9.97 Å². The molecule has 1 saturated carbocycles. The number of nitrogens with zero attached hydrogens (tertiary/aromatic N) is 2. The van der Waals surface area contributed by atoms with Crippen molar-refractivity contribution in [1.29, 1.82) is 0 Å². The van der Waals surface area contributed by atoms with E-state index in [-0.39, 0.29) is 0 Å². The number of rotatable bonds is 5. The first-order valence-electron chi connectivity index (χ1n) is 7.22. The molecule has 0 aliphatic heterocycles. The van der Waals surface area contributed by atoms with Gasteiger partial charge >= 0.3 is 0 Å². The SMILES string of the molecule is CCC1CCC(O)(CNc2ncnc(NC)c2Br)CC1. The molecule has 1 fully saturated rings. The number of hydrogen-bond donors (Lipinski definition) is 3. The van der Waals surface area contributed by atoms with Crippen molar-refractivity contribution in [3.05, 3.63) is 10.8 Å². The summed E-state index contributed by atoms with van der Waals surface area (Å²) in [7, 11) is 1.82. The van der Waals surface area contributed by atoms with E-state index >= 15 is 0 Å². The molecule has 1 aliphatic carbocycles. The second-order valence-electron chi connectivity index (χ2n) is 5.56. The largest absolute Gasteiger partial charge is 0.388 e. The van der Waals surface area contributed by atoms with Crippen LogP contribution in [0.15, 0.2) is 10.8 Å². The highest BCUT2D eigenvalue weighted by Crippen LogP contribution is 2.34. The third kappa shape index (κ3) is 3.61. The summed E-state index contributed by atoms with van der Waals surface area (Å²) >= 11 is 3.47. The zero-order valence-electron chi connectivity index (χ0n) is 12.1. The quantitative estimate of drug-likeness (QED) is 0.767. The normalized spacial score (nSPS) is 26.3. The lowest BCUT2D eigenvalue weighted by atomic mass is 9.78. The fourth-order valence-electron chi connectivity index (χ4n) is 2.72. The average Bonchev–Trinajstić information content (AvgIpc) is 2.47. The Hall–Kier alpha value is -0.880. The molecule has 1 aromatic rings. The molecule has 2 rings (SSSR count). The van der Waals surface area contributed by atoms with Crippen LogP contribution in [0, 0.1) is 5.92 Å². The predicted molar refractivity (Wildman–Crippen MR) is 85.0 cm³/mol. The second kappa shape index (κ2) is 6.72. The van der Waals surface area contributed by atoms with Crippen molar-refractivity contribution < 1.29 is 5.11 Å². The van der Waals surface area contributed by atoms with Crippen molar-refractivity contribution in [2.24, 2.45) is 5.92 Å². The number of halogens is 1. The van der Waals surface area contributed by atoms with Crippen molar-refractivity contribution in [3.63, 3.8) is 0 Å². The van der Waals surface area contributed by atoms with E-state index in [1.807, 2.05) is 7.05 Å². The molecule has 0 atom stereocenters. The Morgan fingerprint density at radius 1 is 1.35 bits per heavy atom. The van der Waals surface area contributed by atoms with Gasteiger partial charge in [0.15, 0.2) is 0 Å². The smallest absolute Gasteiger partial charge is 0.146 e. The van der Waals surface area contributed by atoms with E-state index in [9.17, 15) is 5.11 Å². The van der Waals surface area contributed by atoms with Gasteiger partial charge in [-0.3, -0.25) is 0 Å². The fourth-order valence-corrected chi connectivity index (χ4v) is 3.26. The summed E-state index contributed by atoms with van der Waals surface area (Å²) in [6.45, 7) is 2.76. The molecule has 6 heteroatoms. The van der Waals surface area contributed by atoms with Gasteiger partial charge in [0, 0.05) is 13.6 Å². The molecule has 0 bridgehead atoms. The molecule has 0 amide bonds. The number of hydrogen-bond acceptors (Lipinski definition) is 5. The molecule has 1 aliphatic rings. The Bertz CT molecular complexity index is 447. The van der Waals surface area contributed by atoms with Gasteiger partial charge in [-0.2, -0.15) is 0 Å². The van der Waals surface area contributed by atoms with Crippen LogP contribution < -0.4 is 10.6 Å². The first kappa shape index (κ1) is 15.5. The molecule has 1 heterocycles. The number of anilines is 2. The zero-order valence-corrected chi connectivity index (χ0v) is 13.7. The van der Waals surface area contributed by atoms with Crippen LogP contribution in [0.3, 0.4) is 0 Å². The Morgan fingerprint density at radius 3 is 2.60 bits per heavy atom. The van der Waals surface area contributed by atoms with Crippen LogP contribution in [0.4, 0.5) is 11.6 Å². The van der Waals surface area contributed by atoms with Crippen LogP contribution in [-0.4, -0.2) is 34.3 Å². The van der Waals surface area contributed by atoms with Crippen LogP contribution in [-0.2, 0) is 0 Å². The number of aromatic nitrogens is 2. The molecular weight excluding hydrogens is 320 g/mol. The number of aliphatic hydroxyl groups is 1. The fraction of sp³-hybridized carbons (Fsp3) is 0.714. The van der Waals surface area contributed by atoms with Crippen molar-refractivity contribution in [2.45, 2.75) is 44.6 Å². The molecule has 5 nitrogen and oxygen atoms in total. The van der Waals surface area contributed by atoms with Gasteiger partial charge in [-0.05, 0) is 47.5 Å². The van der Waals surface area contributed by atoms with Gasteiger partial charge in [0.1, 0.15) is 22.4 Å². The molecule has 1 aromatic heterocycles. The maximum absolute atomic E-state index is 10.6. The monoisotopic (exact) mass is 342 g/mol. The lowest BCUT2D eigenvalue weighted by Gasteiger charge is -2.36. The van der Waals surface area contributed by atoms with Gasteiger partial charge in [0.05, 0.1) is 5.60 Å². The summed E-state index contributed by atoms with van der Waals surface area (Å²) in [5, 5.41) is 16.9. The summed E-state index contributed by atoms with van der Waals surface area (Å²) in [4.78, 5) is 8.33. The van der Waals surface area contributed by atoms with Crippen molar-refractivity contribution in [2.75, 3.05) is 24.2 Å². The van der Waals surface area contributed by atoms with Crippen LogP contribution in [0.25, 0.3) is 0 Å². The second-order valence-corrected chi connectivity index (χ2v) is 6.36. The maximum atomic E-state index is 10.6. The predicted octanol–water partition coefficient (Wildman–Crippen LogP) is 3.02. The van der Waals surface area contributed by atoms with E-state index in [2.05, 4.69) is 43.5 Å². The standard InChI is InChI=1S/C14H23BrN4O/c1-3-10-4-6-14(20,7-5-10)8-17-13-11(15)12(16-2)18-9-19-13/h9-10,20H,3-8H2,1-2H3,(H2,16,17,18,19). The van der Waals surface area contributed by atoms with Crippen LogP contribution >= 0.6 is 15.9 Å². The van der Waals surface area contributed by atoms with E-state index in [0.29, 0.717) is 6.54 Å². The van der Waals surface area contributed by atoms with Crippen molar-refractivity contribution >= 4 is 27.6 Å². The molecule has 3 N–H and O–H groups in total. The van der Waals surface area contributed by atoms with E-state index in [4.69, 9.17) is 0 Å². The minimum absolute atomic E-state index is 0.530. The topological polar surface area (TPSA) is 70.1 Å². The lowest BCUT2D eigenvalue weighted by molar-refractivity contribution is 0.00222. The highest BCUT2D eigenvalue weighted by Gasteiger charge is 2.32. The number of nitrogens with one attached hydrogen (secondary N) is 2. The lowest BCUT2D eigenvalue weighted by Crippen LogP contribution is -2.40. The van der Waals surface area contributed by atoms with E-state index in [1.165, 1.54) is 12.7 Å².